The molecule has 0 fully saturated rings. The second-order valence-corrected chi connectivity index (χ2v) is 6.67. The van der Waals surface area contributed by atoms with Gasteiger partial charge in [0.05, 0.1) is 0 Å². The van der Waals surface area contributed by atoms with Crippen molar-refractivity contribution in [2.24, 2.45) is 0 Å². The third kappa shape index (κ3) is 5.12. The SMILES string of the molecule is CCCc1ccccc1OP(=O)(O)Oc1ccccc1CCC. The topological polar surface area (TPSA) is 55.8 Å². The summed E-state index contributed by atoms with van der Waals surface area (Å²) < 4.78 is 23.0. The van der Waals surface area contributed by atoms with Crippen LogP contribution in [0.2, 0.25) is 0 Å². The van der Waals surface area contributed by atoms with Crippen LogP contribution in [-0.2, 0) is 17.4 Å². The summed E-state index contributed by atoms with van der Waals surface area (Å²) in [6, 6.07) is 14.5. The highest BCUT2D eigenvalue weighted by molar-refractivity contribution is 7.48. The van der Waals surface area contributed by atoms with E-state index in [1.165, 1.54) is 0 Å². The van der Waals surface area contributed by atoms with Crippen molar-refractivity contribution >= 4 is 7.82 Å². The first-order chi connectivity index (χ1) is 11.1. The van der Waals surface area contributed by atoms with Crippen LogP contribution in [-0.4, -0.2) is 4.89 Å². The van der Waals surface area contributed by atoms with Gasteiger partial charge in [0, 0.05) is 0 Å². The lowest BCUT2D eigenvalue weighted by molar-refractivity contribution is 0.289. The summed E-state index contributed by atoms with van der Waals surface area (Å²) in [5.41, 5.74) is 1.80. The highest BCUT2D eigenvalue weighted by atomic mass is 31.2. The predicted octanol–water partition coefficient (Wildman–Crippen LogP) is 5.15. The van der Waals surface area contributed by atoms with Gasteiger partial charge < -0.3 is 9.05 Å². The molecular weight excluding hydrogens is 311 g/mol. The highest BCUT2D eigenvalue weighted by Gasteiger charge is 2.27. The Morgan fingerprint density at radius 3 is 1.61 bits per heavy atom. The molecule has 124 valence electrons. The first-order valence-electron chi connectivity index (χ1n) is 7.93. The summed E-state index contributed by atoms with van der Waals surface area (Å²) in [5, 5.41) is 0. The molecule has 0 aliphatic heterocycles. The van der Waals surface area contributed by atoms with Crippen molar-refractivity contribution in [3.8, 4) is 11.5 Å². The van der Waals surface area contributed by atoms with Crippen molar-refractivity contribution < 1.29 is 18.5 Å². The quantitative estimate of drug-likeness (QED) is 0.678. The highest BCUT2D eigenvalue weighted by Crippen LogP contribution is 2.46. The minimum Gasteiger partial charge on any atom is -0.395 e. The number of para-hydroxylation sites is 2. The monoisotopic (exact) mass is 334 g/mol. The lowest BCUT2D eigenvalue weighted by Gasteiger charge is -2.17. The number of hydrogen-bond acceptors (Lipinski definition) is 3. The van der Waals surface area contributed by atoms with Crippen LogP contribution in [0.4, 0.5) is 0 Å². The molecule has 2 rings (SSSR count). The fourth-order valence-electron chi connectivity index (χ4n) is 2.40. The van der Waals surface area contributed by atoms with Gasteiger partial charge in [0.1, 0.15) is 11.5 Å². The maximum absolute atomic E-state index is 12.4. The second-order valence-electron chi connectivity index (χ2n) is 5.37. The van der Waals surface area contributed by atoms with Crippen LogP contribution in [0.1, 0.15) is 37.8 Å². The van der Waals surface area contributed by atoms with Gasteiger partial charge in [0.15, 0.2) is 0 Å². The maximum atomic E-state index is 12.4. The van der Waals surface area contributed by atoms with Crippen LogP contribution in [0.5, 0.6) is 11.5 Å². The molecule has 5 heteroatoms. The van der Waals surface area contributed by atoms with Crippen LogP contribution in [0.3, 0.4) is 0 Å². The zero-order valence-electron chi connectivity index (χ0n) is 13.6. The van der Waals surface area contributed by atoms with E-state index in [0.29, 0.717) is 11.5 Å². The number of aryl methyl sites for hydroxylation is 2. The molecule has 0 saturated heterocycles. The van der Waals surface area contributed by atoms with Gasteiger partial charge in [-0.15, -0.1) is 0 Å². The van der Waals surface area contributed by atoms with Crippen molar-refractivity contribution in [2.75, 3.05) is 0 Å². The van der Waals surface area contributed by atoms with Crippen LogP contribution in [0, 0.1) is 0 Å². The van der Waals surface area contributed by atoms with E-state index in [2.05, 4.69) is 0 Å². The Labute approximate surface area is 137 Å². The lowest BCUT2D eigenvalue weighted by atomic mass is 10.1. The molecule has 2 aromatic carbocycles. The molecule has 0 amide bonds. The van der Waals surface area contributed by atoms with E-state index in [0.717, 1.165) is 36.8 Å². The van der Waals surface area contributed by atoms with Gasteiger partial charge in [0.25, 0.3) is 0 Å². The maximum Gasteiger partial charge on any atom is 0.584 e. The van der Waals surface area contributed by atoms with Gasteiger partial charge >= 0.3 is 7.82 Å². The summed E-state index contributed by atoms with van der Waals surface area (Å²) in [6.45, 7) is 4.10. The number of benzene rings is 2. The Kier molecular flexibility index (Phi) is 6.26. The van der Waals surface area contributed by atoms with Crippen LogP contribution in [0.25, 0.3) is 0 Å². The van der Waals surface area contributed by atoms with Crippen molar-refractivity contribution in [3.05, 3.63) is 59.7 Å². The molecule has 2 aromatic rings. The van der Waals surface area contributed by atoms with Crippen molar-refractivity contribution in [1.82, 2.24) is 0 Å². The van der Waals surface area contributed by atoms with E-state index >= 15 is 0 Å². The van der Waals surface area contributed by atoms with Crippen LogP contribution >= 0.6 is 7.82 Å². The third-order valence-corrected chi connectivity index (χ3v) is 4.27. The molecular formula is C18H23O4P. The average molecular weight is 334 g/mol. The number of phosphoric acid groups is 1. The molecule has 0 radical (unpaired) electrons. The van der Waals surface area contributed by atoms with E-state index in [1.54, 1.807) is 24.3 Å². The Hall–Kier alpha value is -1.77. The summed E-state index contributed by atoms with van der Waals surface area (Å²) >= 11 is 0. The van der Waals surface area contributed by atoms with E-state index < -0.39 is 7.82 Å². The minimum absolute atomic E-state index is 0.396. The Morgan fingerprint density at radius 2 is 1.22 bits per heavy atom. The standard InChI is InChI=1S/C18H23O4P/c1-3-9-15-11-5-7-13-17(15)21-23(19,20)22-18-14-8-6-12-16(18)10-4-2/h5-8,11-14H,3-4,9-10H2,1-2H3,(H,19,20). The molecule has 0 saturated carbocycles. The zero-order chi connectivity index (χ0) is 16.7. The summed E-state index contributed by atoms with van der Waals surface area (Å²) in [6.07, 6.45) is 3.41. The number of hydrogen-bond donors (Lipinski definition) is 1. The lowest BCUT2D eigenvalue weighted by Crippen LogP contribution is -2.03. The predicted molar refractivity (Wildman–Crippen MR) is 92.0 cm³/mol. The molecule has 0 heterocycles. The Morgan fingerprint density at radius 1 is 0.826 bits per heavy atom. The Bertz CT molecular complexity index is 629. The average Bonchev–Trinajstić information content (AvgIpc) is 2.51. The molecule has 0 atom stereocenters. The van der Waals surface area contributed by atoms with E-state index in [4.69, 9.17) is 9.05 Å². The van der Waals surface area contributed by atoms with Crippen molar-refractivity contribution in [1.29, 1.82) is 0 Å². The molecule has 23 heavy (non-hydrogen) atoms. The van der Waals surface area contributed by atoms with E-state index in [1.807, 2.05) is 38.1 Å². The summed E-state index contributed by atoms with van der Waals surface area (Å²) in [4.78, 5) is 10.1. The molecule has 1 N–H and O–H groups in total. The Balaban J connectivity index is 2.18. The van der Waals surface area contributed by atoms with Gasteiger partial charge in [-0.1, -0.05) is 63.1 Å². The van der Waals surface area contributed by atoms with Gasteiger partial charge in [-0.3, -0.25) is 4.89 Å². The van der Waals surface area contributed by atoms with Gasteiger partial charge in [0.2, 0.25) is 0 Å². The van der Waals surface area contributed by atoms with Gasteiger partial charge in [-0.05, 0) is 36.1 Å². The van der Waals surface area contributed by atoms with Gasteiger partial charge in [-0.25, -0.2) is 4.57 Å². The van der Waals surface area contributed by atoms with E-state index in [-0.39, 0.29) is 0 Å². The summed E-state index contributed by atoms with van der Waals surface area (Å²) in [7, 11) is -4.24. The molecule has 0 bridgehead atoms. The second kappa shape index (κ2) is 8.19. The van der Waals surface area contributed by atoms with Gasteiger partial charge in [-0.2, -0.15) is 0 Å². The summed E-state index contributed by atoms with van der Waals surface area (Å²) in [5.74, 6) is 0.793. The fraction of sp³-hybridized carbons (Fsp3) is 0.333. The fourth-order valence-corrected chi connectivity index (χ4v) is 3.30. The molecule has 0 aromatic heterocycles. The molecule has 0 aliphatic rings. The number of rotatable bonds is 8. The largest absolute Gasteiger partial charge is 0.584 e. The zero-order valence-corrected chi connectivity index (χ0v) is 14.5. The first-order valence-corrected chi connectivity index (χ1v) is 9.43. The van der Waals surface area contributed by atoms with Crippen LogP contribution < -0.4 is 9.05 Å². The minimum atomic E-state index is -4.24. The normalized spacial score (nSPS) is 11.3. The smallest absolute Gasteiger partial charge is 0.395 e. The first kappa shape index (κ1) is 17.6. The molecule has 4 nitrogen and oxygen atoms in total. The third-order valence-electron chi connectivity index (χ3n) is 3.41. The molecule has 0 spiro atoms. The van der Waals surface area contributed by atoms with Crippen molar-refractivity contribution in [3.63, 3.8) is 0 Å². The number of phosphoric ester groups is 1. The van der Waals surface area contributed by atoms with Crippen molar-refractivity contribution in [2.45, 2.75) is 39.5 Å². The molecule has 0 aliphatic carbocycles. The van der Waals surface area contributed by atoms with Crippen LogP contribution in [0.15, 0.2) is 48.5 Å². The van der Waals surface area contributed by atoms with E-state index in [9.17, 15) is 9.46 Å². The molecule has 0 unspecified atom stereocenters.